The lowest BCUT2D eigenvalue weighted by Gasteiger charge is -2.08. The number of carbonyl (C=O) groups is 2. The molecule has 132 valence electrons. The summed E-state index contributed by atoms with van der Waals surface area (Å²) in [4.78, 5) is 29.7. The first-order valence-electron chi connectivity index (χ1n) is 8.35. The molecule has 0 fully saturated rings. The fourth-order valence-electron chi connectivity index (χ4n) is 2.46. The zero-order chi connectivity index (χ0) is 18.2. The molecule has 6 heteroatoms. The molecule has 0 atom stereocenters. The third-order valence-corrected chi connectivity index (χ3v) is 4.66. The van der Waals surface area contributed by atoms with E-state index in [9.17, 15) is 9.59 Å². The van der Waals surface area contributed by atoms with Crippen molar-refractivity contribution in [3.63, 3.8) is 0 Å². The van der Waals surface area contributed by atoms with Gasteiger partial charge in [-0.05, 0) is 54.6 Å². The minimum Gasteiger partial charge on any atom is -0.326 e. The number of aryl methyl sites for hydroxylation is 1. The summed E-state index contributed by atoms with van der Waals surface area (Å²) < 4.78 is 0. The van der Waals surface area contributed by atoms with Crippen molar-refractivity contribution in [1.82, 2.24) is 4.98 Å². The van der Waals surface area contributed by atoms with E-state index < -0.39 is 0 Å². The number of hydrogen-bond donors (Lipinski definition) is 2. The van der Waals surface area contributed by atoms with Crippen LogP contribution in [0.2, 0.25) is 0 Å². The van der Waals surface area contributed by atoms with Gasteiger partial charge in [-0.1, -0.05) is 18.2 Å². The van der Waals surface area contributed by atoms with Crippen molar-refractivity contribution in [1.29, 1.82) is 0 Å². The molecule has 5 nitrogen and oxygen atoms in total. The lowest BCUT2D eigenvalue weighted by molar-refractivity contribution is -0.116. The molecular formula is C20H19N3O2S. The van der Waals surface area contributed by atoms with E-state index >= 15 is 0 Å². The van der Waals surface area contributed by atoms with Gasteiger partial charge in [0.05, 0.1) is 0 Å². The quantitative estimate of drug-likeness (QED) is 0.654. The van der Waals surface area contributed by atoms with E-state index in [0.717, 1.165) is 12.8 Å². The maximum Gasteiger partial charge on any atom is 0.256 e. The van der Waals surface area contributed by atoms with E-state index in [1.165, 1.54) is 4.88 Å². The maximum atomic E-state index is 12.3. The van der Waals surface area contributed by atoms with Crippen LogP contribution in [-0.2, 0) is 11.2 Å². The summed E-state index contributed by atoms with van der Waals surface area (Å²) in [5, 5.41) is 7.62. The first-order valence-corrected chi connectivity index (χ1v) is 9.23. The van der Waals surface area contributed by atoms with Gasteiger partial charge in [-0.25, -0.2) is 4.98 Å². The highest BCUT2D eigenvalue weighted by atomic mass is 32.1. The molecule has 0 saturated carbocycles. The third-order valence-electron chi connectivity index (χ3n) is 3.72. The Morgan fingerprint density at radius 1 is 1.00 bits per heavy atom. The fraction of sp³-hybridized carbons (Fsp3) is 0.150. The average molecular weight is 365 g/mol. The van der Waals surface area contributed by atoms with Gasteiger partial charge in [0, 0.05) is 28.7 Å². The number of nitrogens with one attached hydrogen (secondary N) is 2. The van der Waals surface area contributed by atoms with E-state index in [2.05, 4.69) is 21.7 Å². The van der Waals surface area contributed by atoms with E-state index in [1.54, 1.807) is 60.0 Å². The Bertz CT molecular complexity index is 864. The van der Waals surface area contributed by atoms with Gasteiger partial charge in [0.1, 0.15) is 5.82 Å². The molecule has 2 aromatic heterocycles. The van der Waals surface area contributed by atoms with Gasteiger partial charge < -0.3 is 10.6 Å². The van der Waals surface area contributed by atoms with Gasteiger partial charge in [0.25, 0.3) is 5.91 Å². The molecule has 0 spiro atoms. The number of amides is 2. The Balaban J connectivity index is 1.53. The summed E-state index contributed by atoms with van der Waals surface area (Å²) in [7, 11) is 0. The van der Waals surface area contributed by atoms with Crippen molar-refractivity contribution in [2.45, 2.75) is 19.3 Å². The van der Waals surface area contributed by atoms with Crippen molar-refractivity contribution >= 4 is 34.7 Å². The van der Waals surface area contributed by atoms with Crippen LogP contribution in [0.4, 0.5) is 11.5 Å². The maximum absolute atomic E-state index is 12.3. The smallest absolute Gasteiger partial charge is 0.256 e. The van der Waals surface area contributed by atoms with Crippen molar-refractivity contribution in [2.75, 3.05) is 10.6 Å². The minimum absolute atomic E-state index is 0.0520. The van der Waals surface area contributed by atoms with Crippen molar-refractivity contribution in [2.24, 2.45) is 0 Å². The molecule has 0 unspecified atom stereocenters. The number of rotatable bonds is 7. The first-order chi connectivity index (χ1) is 12.7. The normalized spacial score (nSPS) is 10.3. The molecular weight excluding hydrogens is 346 g/mol. The van der Waals surface area contributed by atoms with Gasteiger partial charge in [-0.15, -0.1) is 11.3 Å². The predicted octanol–water partition coefficient (Wildman–Crippen LogP) is 4.36. The lowest BCUT2D eigenvalue weighted by Crippen LogP contribution is -2.15. The van der Waals surface area contributed by atoms with Crippen LogP contribution < -0.4 is 10.6 Å². The highest BCUT2D eigenvalue weighted by Gasteiger charge is 2.09. The third kappa shape index (κ3) is 5.26. The molecule has 2 heterocycles. The first kappa shape index (κ1) is 17.8. The molecule has 0 bridgehead atoms. The van der Waals surface area contributed by atoms with Gasteiger partial charge in [-0.2, -0.15) is 0 Å². The van der Waals surface area contributed by atoms with Crippen LogP contribution >= 0.6 is 11.3 Å². The second kappa shape index (κ2) is 8.92. The van der Waals surface area contributed by atoms with Gasteiger partial charge in [0.15, 0.2) is 0 Å². The molecule has 2 amide bonds. The number of anilines is 2. The number of benzene rings is 1. The molecule has 3 rings (SSSR count). The molecule has 0 aliphatic rings. The van der Waals surface area contributed by atoms with Crippen LogP contribution in [0.5, 0.6) is 0 Å². The number of pyridine rings is 1. The van der Waals surface area contributed by atoms with Crippen molar-refractivity contribution < 1.29 is 9.59 Å². The molecule has 0 aliphatic heterocycles. The SMILES string of the molecule is O=C(CCCc1cccs1)Nc1cccc(C(=O)Nc2ccccn2)c1. The second-order valence-corrected chi connectivity index (χ2v) is 6.76. The summed E-state index contributed by atoms with van der Waals surface area (Å²) in [5.74, 6) is 0.168. The molecule has 0 aliphatic carbocycles. The Morgan fingerprint density at radius 2 is 1.92 bits per heavy atom. The lowest BCUT2D eigenvalue weighted by atomic mass is 10.1. The molecule has 2 N–H and O–H groups in total. The Kier molecular flexibility index (Phi) is 6.11. The molecule has 26 heavy (non-hydrogen) atoms. The topological polar surface area (TPSA) is 71.1 Å². The largest absolute Gasteiger partial charge is 0.326 e. The summed E-state index contributed by atoms with van der Waals surface area (Å²) in [6.45, 7) is 0. The Hall–Kier alpha value is -2.99. The van der Waals surface area contributed by atoms with E-state index in [-0.39, 0.29) is 11.8 Å². The van der Waals surface area contributed by atoms with Crippen LogP contribution in [0.1, 0.15) is 28.1 Å². The van der Waals surface area contributed by atoms with Crippen LogP contribution in [0.3, 0.4) is 0 Å². The summed E-state index contributed by atoms with van der Waals surface area (Å²) in [6.07, 6.45) is 3.76. The molecule has 3 aromatic rings. The highest BCUT2D eigenvalue weighted by molar-refractivity contribution is 7.09. The van der Waals surface area contributed by atoms with Crippen molar-refractivity contribution in [3.05, 3.63) is 76.6 Å². The molecule has 0 radical (unpaired) electrons. The number of carbonyl (C=O) groups excluding carboxylic acids is 2. The minimum atomic E-state index is -0.266. The number of aromatic nitrogens is 1. The van der Waals surface area contributed by atoms with Crippen LogP contribution in [0, 0.1) is 0 Å². The van der Waals surface area contributed by atoms with E-state index in [1.807, 2.05) is 11.4 Å². The Morgan fingerprint density at radius 3 is 2.69 bits per heavy atom. The van der Waals surface area contributed by atoms with Crippen LogP contribution in [0.15, 0.2) is 66.2 Å². The van der Waals surface area contributed by atoms with Gasteiger partial charge >= 0.3 is 0 Å². The number of nitrogens with zero attached hydrogens (tertiary/aromatic N) is 1. The predicted molar refractivity (Wildman–Crippen MR) is 105 cm³/mol. The summed E-state index contributed by atoms with van der Waals surface area (Å²) >= 11 is 1.70. The zero-order valence-corrected chi connectivity index (χ0v) is 15.0. The molecule has 0 saturated heterocycles. The van der Waals surface area contributed by atoms with Gasteiger partial charge in [0.2, 0.25) is 5.91 Å². The monoisotopic (exact) mass is 365 g/mol. The fourth-order valence-corrected chi connectivity index (χ4v) is 3.22. The second-order valence-electron chi connectivity index (χ2n) is 5.73. The zero-order valence-electron chi connectivity index (χ0n) is 14.1. The van der Waals surface area contributed by atoms with E-state index in [0.29, 0.717) is 23.5 Å². The van der Waals surface area contributed by atoms with Gasteiger partial charge in [-0.3, -0.25) is 9.59 Å². The number of thiophene rings is 1. The molecule has 1 aromatic carbocycles. The highest BCUT2D eigenvalue weighted by Crippen LogP contribution is 2.15. The Labute approximate surface area is 156 Å². The summed E-state index contributed by atoms with van der Waals surface area (Å²) in [6, 6.07) is 16.3. The van der Waals surface area contributed by atoms with Crippen molar-refractivity contribution in [3.8, 4) is 0 Å². The average Bonchev–Trinajstić information content (AvgIpc) is 3.16. The van der Waals surface area contributed by atoms with Crippen LogP contribution in [0.25, 0.3) is 0 Å². The van der Waals surface area contributed by atoms with Crippen LogP contribution in [-0.4, -0.2) is 16.8 Å². The summed E-state index contributed by atoms with van der Waals surface area (Å²) in [5.41, 5.74) is 1.08. The number of hydrogen-bond acceptors (Lipinski definition) is 4. The van der Waals surface area contributed by atoms with E-state index in [4.69, 9.17) is 0 Å². The standard InChI is InChI=1S/C20H19N3O2S/c24-19(11-4-8-17-9-5-13-26-17)22-16-7-3-6-15(14-16)20(25)23-18-10-1-2-12-21-18/h1-3,5-7,9-10,12-14H,4,8,11H2,(H,22,24)(H,21,23,25).